The Morgan fingerprint density at radius 3 is 1.21 bits per heavy atom. The Kier molecular flexibility index (Phi) is 43.8. The van der Waals surface area contributed by atoms with Gasteiger partial charge in [0.05, 0.1) is 41.0 Å². The Labute approximate surface area is 743 Å². The van der Waals surface area contributed by atoms with E-state index in [1.54, 1.807) is 12.2 Å². The molecule has 1 aliphatic heterocycles. The highest BCUT2D eigenvalue weighted by atomic mass is 127. The summed E-state index contributed by atoms with van der Waals surface area (Å²) in [5.41, 5.74) is -13.5. The second-order valence-electron chi connectivity index (χ2n) is 33.2. The molecule has 7 aliphatic rings. The maximum atomic E-state index is 12.2. The minimum Gasteiger partial charge on any atom is -0.741 e. The molecule has 1 heterocycles. The lowest BCUT2D eigenvalue weighted by Gasteiger charge is -2.63. The standard InChI is InChI=1S/C24H42O3.C20H26I.C18H15S.C10H8F3NO5S.C10H8.C3H8.C2H4O.2C2H6.2CHF3O3S.CH4/c1-5-6-14(2)17-7-8-18-22-19(13-21(27)24(17,18)4)23(3)10-9-16(25)11-15(23)12-20(22)26;1-19(2,3)15-7-11-17(12-8-15)21-18-13-9-16(10-14-18)20(4,5)6;1-4-10-16(11-5-1)19(17-12-6-2-7-13-17)18-14-8-3-9-15-18;11-10(12,13)20(17,18)19-14-8(15)6-4-1-2-5(3-4)7(6)9(14)16;1-2-6-10-8-4-3-7-9(10)5-1;1-3-2;1-2-3;2*1-2;2*2-1(3,4)8(5,6)7;/h14-22,25-27H,5-13H2,1-4H3;7-14H,1-6H3;1-15H;1-2,4-7H,3H2;1-8H;3H2,1-2H3;2H,1H3;2*1-2H3;2*(H,5,6,7);1H4/q;2*+1;;;;;;;;;/p-2. The van der Waals surface area contributed by atoms with Crippen LogP contribution in [-0.4, -0.2) is 108 Å². The molecule has 6 aliphatic carbocycles. The van der Waals surface area contributed by atoms with Crippen molar-refractivity contribution < 1.29 is 129 Å². The molecule has 14 rings (SSSR count). The Morgan fingerprint density at radius 1 is 0.540 bits per heavy atom. The smallest absolute Gasteiger partial charge is 0.525 e. The van der Waals surface area contributed by atoms with Crippen LogP contribution in [0.5, 0.6) is 0 Å². The van der Waals surface area contributed by atoms with Crippen molar-refractivity contribution in [3.05, 3.63) is 218 Å². The summed E-state index contributed by atoms with van der Waals surface area (Å²) < 4.78 is 183. The van der Waals surface area contributed by atoms with Crippen molar-refractivity contribution in [3.63, 3.8) is 0 Å². The van der Waals surface area contributed by atoms with Gasteiger partial charge in [0.1, 0.15) is 6.29 Å². The molecule has 7 aromatic carbocycles. The first-order valence-corrected chi connectivity index (χ1v) is 49.1. The molecule has 16 nitrogen and oxygen atoms in total. The van der Waals surface area contributed by atoms with Crippen LogP contribution < -0.4 is 21.2 Å². The van der Waals surface area contributed by atoms with E-state index in [1.807, 2.05) is 27.7 Å². The van der Waals surface area contributed by atoms with Crippen LogP contribution in [0, 0.1) is 77.1 Å². The van der Waals surface area contributed by atoms with Crippen LogP contribution in [0.15, 0.2) is 215 Å². The van der Waals surface area contributed by atoms with Gasteiger partial charge in [0.2, 0.25) is 0 Å². The van der Waals surface area contributed by atoms with E-state index in [1.165, 1.54) is 82.8 Å². The normalized spacial score (nSPS) is 24.7. The number of alkyl halides is 9. The number of benzene rings is 7. The van der Waals surface area contributed by atoms with Crippen LogP contribution in [0.4, 0.5) is 39.5 Å². The number of rotatable bonds is 10. The minimum absolute atomic E-state index is 0. The number of hydrogen-bond acceptors (Lipinski definition) is 15. The molecule has 15 unspecified atom stereocenters. The van der Waals surface area contributed by atoms with Crippen LogP contribution in [0.2, 0.25) is 0 Å². The molecule has 0 aromatic heterocycles. The van der Waals surface area contributed by atoms with Crippen molar-refractivity contribution in [2.75, 3.05) is 0 Å². The minimum atomic E-state index is -6.09. The predicted molar refractivity (Wildman–Crippen MR) is 465 cm³/mol. The number of aliphatic hydroxyl groups excluding tert-OH is 3. The zero-order valence-corrected chi connectivity index (χ0v) is 78.4. The summed E-state index contributed by atoms with van der Waals surface area (Å²) in [6, 6.07) is 67.3. The van der Waals surface area contributed by atoms with Crippen molar-refractivity contribution >= 4 is 70.1 Å². The Balaban J connectivity index is 0.000000378. The van der Waals surface area contributed by atoms with Gasteiger partial charge in [-0.15, -0.1) is 9.35 Å². The van der Waals surface area contributed by atoms with Gasteiger partial charge in [-0.05, 0) is 210 Å². The van der Waals surface area contributed by atoms with Gasteiger partial charge in [-0.25, -0.2) is 16.8 Å². The van der Waals surface area contributed by atoms with Gasteiger partial charge in [-0.3, -0.25) is 9.59 Å². The van der Waals surface area contributed by atoms with Gasteiger partial charge in [-0.1, -0.05) is 277 Å². The van der Waals surface area contributed by atoms with Gasteiger partial charge >= 0.3 is 47.8 Å². The molecule has 2 bridgehead atoms. The van der Waals surface area contributed by atoms with Gasteiger partial charge < -0.3 is 29.2 Å². The lowest BCUT2D eigenvalue weighted by molar-refractivity contribution is -0.597. The number of imide groups is 1. The highest BCUT2D eigenvalue weighted by molar-refractivity contribution is 7.97. The van der Waals surface area contributed by atoms with Crippen LogP contribution in [0.1, 0.15) is 207 Å². The number of amides is 2. The summed E-state index contributed by atoms with van der Waals surface area (Å²) in [6.45, 7) is 36.7. The number of hydrogen-bond donors (Lipinski definition) is 3. The van der Waals surface area contributed by atoms with Crippen molar-refractivity contribution in [1.82, 2.24) is 5.06 Å². The molecule has 15 atom stereocenters. The molecule has 0 spiro atoms. The number of aldehydes is 1. The van der Waals surface area contributed by atoms with Crippen LogP contribution in [0.3, 0.4) is 0 Å². The predicted octanol–water partition coefficient (Wildman–Crippen LogP) is 19.4. The molecule has 7 aromatic rings. The van der Waals surface area contributed by atoms with Crippen LogP contribution in [-0.2, 0) is 70.7 Å². The summed E-state index contributed by atoms with van der Waals surface area (Å²) in [5.74, 6) is -1.32. The van der Waals surface area contributed by atoms with Crippen molar-refractivity contribution in [3.8, 4) is 0 Å². The van der Waals surface area contributed by atoms with Crippen LogP contribution >= 0.6 is 0 Å². The Bertz CT molecular complexity index is 4490. The molecule has 6 fully saturated rings. The second-order valence-corrected chi connectivity index (χ2v) is 42.5. The number of aliphatic hydroxyl groups is 3. The molecule has 0 radical (unpaired) electrons. The molecule has 1 saturated heterocycles. The van der Waals surface area contributed by atoms with E-state index in [2.05, 4.69) is 275 Å². The quantitative estimate of drug-likeness (QED) is 0.0168. The molecule has 692 valence electrons. The molecule has 3 N–H and O–H groups in total. The number of nitrogens with zero attached hydrogens (tertiary/aromatic N) is 1. The van der Waals surface area contributed by atoms with Crippen molar-refractivity contribution in [2.24, 2.45) is 70.0 Å². The van der Waals surface area contributed by atoms with Crippen LogP contribution in [0.25, 0.3) is 10.8 Å². The third-order valence-corrected chi connectivity index (χ3v) is 29.9. The Hall–Kier alpha value is -6.59. The lowest BCUT2D eigenvalue weighted by Crippen LogP contribution is -3.61. The molecular weight excluding hydrogens is 1810 g/mol. The fourth-order valence-corrected chi connectivity index (χ4v) is 21.9. The van der Waals surface area contributed by atoms with E-state index < -0.39 is 70.5 Å². The largest absolute Gasteiger partial charge is 0.741 e. The highest BCUT2D eigenvalue weighted by Gasteiger charge is 2.66. The van der Waals surface area contributed by atoms with Crippen molar-refractivity contribution in [1.29, 1.82) is 0 Å². The summed E-state index contributed by atoms with van der Waals surface area (Å²) in [4.78, 5) is 36.7. The van der Waals surface area contributed by atoms with E-state index in [-0.39, 0.29) is 96.4 Å². The van der Waals surface area contributed by atoms with Gasteiger partial charge in [-0.2, -0.15) is 47.9 Å². The fourth-order valence-electron chi connectivity index (χ4n) is 17.2. The zero-order valence-electron chi connectivity index (χ0n) is 73.0. The van der Waals surface area contributed by atoms with E-state index in [9.17, 15) is 72.8 Å². The summed E-state index contributed by atoms with van der Waals surface area (Å²) >= 11 is -0.0703. The number of halogens is 10. The molecule has 124 heavy (non-hydrogen) atoms. The van der Waals surface area contributed by atoms with E-state index in [0.717, 1.165) is 38.4 Å². The lowest BCUT2D eigenvalue weighted by atomic mass is 9.43. The van der Waals surface area contributed by atoms with Gasteiger partial charge in [0.15, 0.2) is 42.1 Å². The average Bonchev–Trinajstić information content (AvgIpc) is 1.38. The summed E-state index contributed by atoms with van der Waals surface area (Å²) in [6.07, 6.45) is 14.7. The van der Waals surface area contributed by atoms with Gasteiger partial charge in [0.25, 0.3) is 11.8 Å². The summed E-state index contributed by atoms with van der Waals surface area (Å²) in [7, 11) is -18.2. The zero-order chi connectivity index (χ0) is 93.2. The number of fused-ring (bicyclic) bond motifs is 11. The summed E-state index contributed by atoms with van der Waals surface area (Å²) in [5, 5.41) is 35.3. The molecule has 30 heteroatoms. The van der Waals surface area contributed by atoms with E-state index >= 15 is 0 Å². The van der Waals surface area contributed by atoms with E-state index in [4.69, 9.17) is 30.7 Å². The third-order valence-electron chi connectivity index (χ3n) is 23.0. The number of carbonyl (C=O) groups is 3. The molecular formula is C94H127F9INO15S4. The number of allylic oxidation sites excluding steroid dienone is 2. The molecule has 2 amide bonds. The maximum absolute atomic E-state index is 12.2. The third kappa shape index (κ3) is 30.0. The SMILES string of the molecule is C.CC.CC.CC(C)(C)c1ccc([I+]c2ccc(C(C)(C)C)cc2)cc1.CC=O.CCC.CCCC(C)C1CCC2C3C(O)CC4CC(O)CCC4(C)C3CC(O)C12C.O=C1C2C3C=CC(C3)C2C(=O)N1OS(=O)(=O)C(F)(F)F.O=S(=O)([O-])C(F)(F)F.O=S(=O)([O-])C(F)(F)F.c1ccc([S+](c2ccccc2)c2ccccc2)cc1.c1ccc2ccccc2c1. The topological polar surface area (TPSA) is 273 Å². The highest BCUT2D eigenvalue weighted by Crippen LogP contribution is 2.68. The first kappa shape index (κ1) is 112. The molecule has 5 saturated carbocycles. The first-order chi connectivity index (χ1) is 57.3. The fraction of sp³-hybridized carbons (Fsp3) is 0.521. The first-order valence-electron chi connectivity index (χ1n) is 41.5. The van der Waals surface area contributed by atoms with Crippen molar-refractivity contribution in [2.45, 2.75) is 256 Å². The second kappa shape index (κ2) is 48.7. The van der Waals surface area contributed by atoms with Gasteiger partial charge in [0, 0.05) is 0 Å². The average molecular weight is 1940 g/mol. The maximum Gasteiger partial charge on any atom is 0.525 e. The monoisotopic (exact) mass is 1940 g/mol. The number of carbonyl (C=O) groups excluding carboxylic acids is 3. The Morgan fingerprint density at radius 2 is 0.887 bits per heavy atom. The van der Waals surface area contributed by atoms with E-state index in [0.29, 0.717) is 41.9 Å². The number of hydroxylamine groups is 2.